The molecule has 0 saturated carbocycles. The molecular weight excluding hydrogens is 214 g/mol. The number of nitrogens with zero attached hydrogens (tertiary/aromatic N) is 1. The number of rotatable bonds is 2. The number of hydrogen-bond donors (Lipinski definition) is 1. The molecule has 3 nitrogen and oxygen atoms in total. The first-order valence-corrected chi connectivity index (χ1v) is 6.16. The van der Waals surface area contributed by atoms with Crippen LogP contribution in [0, 0.1) is 11.8 Å². The topological polar surface area (TPSA) is 40.5 Å². The Morgan fingerprint density at radius 2 is 2.24 bits per heavy atom. The molecular formula is C14H19NO2. The number of likely N-dealkylation sites (tertiary alicyclic amines) is 1. The van der Waals surface area contributed by atoms with E-state index in [9.17, 15) is 9.90 Å². The lowest BCUT2D eigenvalue weighted by atomic mass is 9.95. The van der Waals surface area contributed by atoms with Crippen molar-refractivity contribution in [2.45, 2.75) is 20.3 Å². The van der Waals surface area contributed by atoms with Crippen molar-refractivity contribution in [3.63, 3.8) is 0 Å². The normalized spacial score (nSPS) is 19.9. The van der Waals surface area contributed by atoms with Gasteiger partial charge in [0.25, 0.3) is 5.91 Å². The highest BCUT2D eigenvalue weighted by atomic mass is 16.3. The molecule has 1 aliphatic rings. The Bertz CT molecular complexity index is 414. The second kappa shape index (κ2) is 4.78. The van der Waals surface area contributed by atoms with E-state index in [-0.39, 0.29) is 11.7 Å². The van der Waals surface area contributed by atoms with Gasteiger partial charge in [-0.25, -0.2) is 0 Å². The highest BCUT2D eigenvalue weighted by Crippen LogP contribution is 2.25. The van der Waals surface area contributed by atoms with Crippen molar-refractivity contribution in [3.8, 4) is 5.75 Å². The van der Waals surface area contributed by atoms with Gasteiger partial charge in [0, 0.05) is 18.7 Å². The van der Waals surface area contributed by atoms with Gasteiger partial charge >= 0.3 is 0 Å². The summed E-state index contributed by atoms with van der Waals surface area (Å²) in [6, 6.07) is 6.58. The van der Waals surface area contributed by atoms with Gasteiger partial charge in [-0.2, -0.15) is 0 Å². The van der Waals surface area contributed by atoms with Crippen molar-refractivity contribution in [1.82, 2.24) is 4.90 Å². The molecule has 0 spiro atoms. The average molecular weight is 233 g/mol. The van der Waals surface area contributed by atoms with Gasteiger partial charge in [0.15, 0.2) is 0 Å². The fraction of sp³-hybridized carbons (Fsp3) is 0.500. The Balaban J connectivity index is 2.07. The van der Waals surface area contributed by atoms with E-state index in [1.165, 1.54) is 6.07 Å². The summed E-state index contributed by atoms with van der Waals surface area (Å²) in [5, 5.41) is 9.37. The number of phenolic OH excluding ortho intramolecular Hbond substituents is 1. The largest absolute Gasteiger partial charge is 0.508 e. The maximum absolute atomic E-state index is 12.2. The minimum absolute atomic E-state index is 0.0315. The predicted octanol–water partition coefficient (Wildman–Crippen LogP) is 2.51. The number of carbonyl (C=O) groups is 1. The van der Waals surface area contributed by atoms with Crippen molar-refractivity contribution >= 4 is 5.91 Å². The molecule has 1 N–H and O–H groups in total. The Labute approximate surface area is 102 Å². The van der Waals surface area contributed by atoms with Gasteiger partial charge in [0.1, 0.15) is 5.75 Å². The molecule has 1 saturated heterocycles. The first-order chi connectivity index (χ1) is 8.08. The smallest absolute Gasteiger partial charge is 0.253 e. The van der Waals surface area contributed by atoms with Crippen LogP contribution in [0.5, 0.6) is 5.75 Å². The standard InChI is InChI=1S/C14H19NO2/c1-10(2)12-6-7-15(9-12)14(17)11-4-3-5-13(16)8-11/h3-5,8,10,12,16H,6-7,9H2,1-2H3. The number of phenols is 1. The first kappa shape index (κ1) is 12.0. The van der Waals surface area contributed by atoms with Crippen LogP contribution in [-0.2, 0) is 0 Å². The van der Waals surface area contributed by atoms with Gasteiger partial charge in [-0.1, -0.05) is 19.9 Å². The molecule has 3 heteroatoms. The van der Waals surface area contributed by atoms with Crippen molar-refractivity contribution < 1.29 is 9.90 Å². The van der Waals surface area contributed by atoms with E-state index in [0.717, 1.165) is 19.5 Å². The van der Waals surface area contributed by atoms with Gasteiger partial charge in [-0.05, 0) is 36.5 Å². The minimum Gasteiger partial charge on any atom is -0.508 e. The molecule has 1 aliphatic heterocycles. The number of benzene rings is 1. The lowest BCUT2D eigenvalue weighted by Crippen LogP contribution is -2.29. The summed E-state index contributed by atoms with van der Waals surface area (Å²) < 4.78 is 0. The monoisotopic (exact) mass is 233 g/mol. The molecule has 0 radical (unpaired) electrons. The molecule has 1 aromatic carbocycles. The van der Waals surface area contributed by atoms with Crippen molar-refractivity contribution in [3.05, 3.63) is 29.8 Å². The fourth-order valence-electron chi connectivity index (χ4n) is 2.34. The Morgan fingerprint density at radius 3 is 2.82 bits per heavy atom. The van der Waals surface area contributed by atoms with Crippen LogP contribution in [0.4, 0.5) is 0 Å². The Kier molecular flexibility index (Phi) is 3.36. The highest BCUT2D eigenvalue weighted by Gasteiger charge is 2.28. The fourth-order valence-corrected chi connectivity index (χ4v) is 2.34. The average Bonchev–Trinajstić information content (AvgIpc) is 2.77. The van der Waals surface area contributed by atoms with E-state index >= 15 is 0 Å². The molecule has 2 rings (SSSR count). The van der Waals surface area contributed by atoms with E-state index in [1.807, 2.05) is 4.90 Å². The first-order valence-electron chi connectivity index (χ1n) is 6.16. The van der Waals surface area contributed by atoms with E-state index in [1.54, 1.807) is 18.2 Å². The van der Waals surface area contributed by atoms with Crippen LogP contribution in [0.15, 0.2) is 24.3 Å². The van der Waals surface area contributed by atoms with Crippen LogP contribution in [0.25, 0.3) is 0 Å². The summed E-state index contributed by atoms with van der Waals surface area (Å²) in [7, 11) is 0. The lowest BCUT2D eigenvalue weighted by molar-refractivity contribution is 0.0783. The maximum Gasteiger partial charge on any atom is 0.253 e. The molecule has 0 aromatic heterocycles. The number of aromatic hydroxyl groups is 1. The van der Waals surface area contributed by atoms with E-state index in [4.69, 9.17) is 0 Å². The SMILES string of the molecule is CC(C)C1CCN(C(=O)c2cccc(O)c2)C1. The maximum atomic E-state index is 12.2. The summed E-state index contributed by atoms with van der Waals surface area (Å²) in [5.74, 6) is 1.41. The van der Waals surface area contributed by atoms with Crippen molar-refractivity contribution in [2.75, 3.05) is 13.1 Å². The quantitative estimate of drug-likeness (QED) is 0.852. The van der Waals surface area contributed by atoms with Crippen molar-refractivity contribution in [1.29, 1.82) is 0 Å². The molecule has 92 valence electrons. The summed E-state index contributed by atoms with van der Waals surface area (Å²) in [5.41, 5.74) is 0.578. The summed E-state index contributed by atoms with van der Waals surface area (Å²) in [4.78, 5) is 14.1. The Morgan fingerprint density at radius 1 is 1.47 bits per heavy atom. The van der Waals surface area contributed by atoms with Gasteiger partial charge in [-0.3, -0.25) is 4.79 Å². The van der Waals surface area contributed by atoms with Crippen LogP contribution in [0.1, 0.15) is 30.6 Å². The molecule has 1 amide bonds. The zero-order chi connectivity index (χ0) is 12.4. The lowest BCUT2D eigenvalue weighted by Gasteiger charge is -2.18. The second-order valence-corrected chi connectivity index (χ2v) is 5.09. The molecule has 1 fully saturated rings. The molecule has 17 heavy (non-hydrogen) atoms. The van der Waals surface area contributed by atoms with Crippen LogP contribution >= 0.6 is 0 Å². The third-order valence-corrected chi connectivity index (χ3v) is 3.55. The van der Waals surface area contributed by atoms with E-state index in [0.29, 0.717) is 17.4 Å². The van der Waals surface area contributed by atoms with Gasteiger partial charge in [-0.15, -0.1) is 0 Å². The number of carbonyl (C=O) groups excluding carboxylic acids is 1. The van der Waals surface area contributed by atoms with E-state index < -0.39 is 0 Å². The highest BCUT2D eigenvalue weighted by molar-refractivity contribution is 5.94. The third kappa shape index (κ3) is 2.60. The number of amides is 1. The van der Waals surface area contributed by atoms with E-state index in [2.05, 4.69) is 13.8 Å². The van der Waals surface area contributed by atoms with Gasteiger partial charge < -0.3 is 10.0 Å². The minimum atomic E-state index is 0.0315. The van der Waals surface area contributed by atoms with Crippen molar-refractivity contribution in [2.24, 2.45) is 11.8 Å². The van der Waals surface area contributed by atoms with Crippen LogP contribution in [0.3, 0.4) is 0 Å². The molecule has 1 aromatic rings. The zero-order valence-electron chi connectivity index (χ0n) is 10.4. The zero-order valence-corrected chi connectivity index (χ0v) is 10.4. The molecule has 1 unspecified atom stereocenters. The molecule has 0 aliphatic carbocycles. The Hall–Kier alpha value is -1.51. The molecule has 0 bridgehead atoms. The summed E-state index contributed by atoms with van der Waals surface area (Å²) >= 11 is 0. The van der Waals surface area contributed by atoms with Gasteiger partial charge in [0.2, 0.25) is 0 Å². The number of hydrogen-bond acceptors (Lipinski definition) is 2. The van der Waals surface area contributed by atoms with Crippen LogP contribution in [0.2, 0.25) is 0 Å². The summed E-state index contributed by atoms with van der Waals surface area (Å²) in [6.45, 7) is 6.07. The molecule has 1 heterocycles. The summed E-state index contributed by atoms with van der Waals surface area (Å²) in [6.07, 6.45) is 1.09. The molecule has 1 atom stereocenters. The third-order valence-electron chi connectivity index (χ3n) is 3.55. The van der Waals surface area contributed by atoms with Crippen LogP contribution in [-0.4, -0.2) is 29.0 Å². The predicted molar refractivity (Wildman–Crippen MR) is 67.0 cm³/mol. The van der Waals surface area contributed by atoms with Gasteiger partial charge in [0.05, 0.1) is 0 Å². The van der Waals surface area contributed by atoms with Crippen LogP contribution < -0.4 is 0 Å². The second-order valence-electron chi connectivity index (χ2n) is 5.09.